The van der Waals surface area contributed by atoms with Gasteiger partial charge in [0.05, 0.1) is 0 Å². The Hall–Kier alpha value is -1.62. The average molecular weight is 211 g/mol. The van der Waals surface area contributed by atoms with Crippen LogP contribution in [0.1, 0.15) is 0 Å². The maximum absolute atomic E-state index is 12.8. The Morgan fingerprint density at radius 3 is 2.64 bits per heavy atom. The van der Waals surface area contributed by atoms with Crippen LogP contribution in [0.4, 0.5) is 4.39 Å². The Kier molecular flexibility index (Phi) is 2.09. The molecule has 0 radical (unpaired) electrons. The minimum Gasteiger partial charge on any atom is -0.496 e. The van der Waals surface area contributed by atoms with Gasteiger partial charge in [-0.1, -0.05) is 23.5 Å². The monoisotopic (exact) mass is 211 g/mol. The minimum atomic E-state index is -0.422. The van der Waals surface area contributed by atoms with E-state index in [1.54, 1.807) is 12.1 Å². The molecular weight excluding hydrogens is 205 g/mol. The van der Waals surface area contributed by atoms with Crippen LogP contribution < -0.4 is 0 Å². The molecule has 2 aromatic rings. The van der Waals surface area contributed by atoms with Crippen molar-refractivity contribution in [2.45, 2.75) is 0 Å². The van der Waals surface area contributed by atoms with E-state index in [-0.39, 0.29) is 10.9 Å². The SMILES string of the molecule is Oc1nc(-c2cccc(F)c2)sc1O. The van der Waals surface area contributed by atoms with Crippen molar-refractivity contribution in [1.82, 2.24) is 4.98 Å². The van der Waals surface area contributed by atoms with Crippen molar-refractivity contribution in [1.29, 1.82) is 0 Å². The molecule has 1 heterocycles. The van der Waals surface area contributed by atoms with Gasteiger partial charge in [-0.15, -0.1) is 0 Å². The summed E-state index contributed by atoms with van der Waals surface area (Å²) in [5.74, 6) is -0.800. The van der Waals surface area contributed by atoms with E-state index in [0.29, 0.717) is 10.6 Å². The lowest BCUT2D eigenvalue weighted by molar-refractivity contribution is 0.402. The van der Waals surface area contributed by atoms with E-state index >= 15 is 0 Å². The summed E-state index contributed by atoms with van der Waals surface area (Å²) >= 11 is 0.904. The molecule has 14 heavy (non-hydrogen) atoms. The van der Waals surface area contributed by atoms with Gasteiger partial charge in [-0.2, -0.15) is 4.98 Å². The highest BCUT2D eigenvalue weighted by Gasteiger charge is 2.10. The van der Waals surface area contributed by atoms with Crippen molar-refractivity contribution >= 4 is 11.3 Å². The number of aromatic nitrogens is 1. The fourth-order valence-electron chi connectivity index (χ4n) is 1.05. The van der Waals surface area contributed by atoms with Crippen LogP contribution in [-0.2, 0) is 0 Å². The lowest BCUT2D eigenvalue weighted by Crippen LogP contribution is -1.77. The zero-order valence-electron chi connectivity index (χ0n) is 6.94. The van der Waals surface area contributed by atoms with E-state index < -0.39 is 5.88 Å². The number of benzene rings is 1. The highest BCUT2D eigenvalue weighted by Crippen LogP contribution is 2.36. The molecule has 5 heteroatoms. The summed E-state index contributed by atoms with van der Waals surface area (Å²) in [5, 5.41) is 18.2. The molecule has 0 aliphatic carbocycles. The number of rotatable bonds is 1. The van der Waals surface area contributed by atoms with E-state index in [1.807, 2.05) is 0 Å². The first-order valence-corrected chi connectivity index (χ1v) is 4.63. The molecule has 2 rings (SSSR count). The molecule has 1 aromatic heterocycles. The molecule has 0 aliphatic heterocycles. The molecule has 0 atom stereocenters. The summed E-state index contributed by atoms with van der Waals surface area (Å²) in [4.78, 5) is 3.68. The molecule has 0 bridgehead atoms. The van der Waals surface area contributed by atoms with Gasteiger partial charge in [-0.25, -0.2) is 4.39 Å². The van der Waals surface area contributed by atoms with Crippen molar-refractivity contribution in [3.8, 4) is 21.5 Å². The van der Waals surface area contributed by atoms with E-state index in [9.17, 15) is 4.39 Å². The first kappa shape index (κ1) is 8.96. The van der Waals surface area contributed by atoms with Crippen LogP contribution in [0.5, 0.6) is 10.9 Å². The molecule has 0 fully saturated rings. The van der Waals surface area contributed by atoms with Crippen LogP contribution in [0.2, 0.25) is 0 Å². The maximum atomic E-state index is 12.8. The fourth-order valence-corrected chi connectivity index (χ4v) is 1.75. The van der Waals surface area contributed by atoms with Crippen LogP contribution >= 0.6 is 11.3 Å². The predicted molar refractivity (Wildman–Crippen MR) is 50.8 cm³/mol. The molecule has 72 valence electrons. The average Bonchev–Trinajstić information content (AvgIpc) is 2.47. The lowest BCUT2D eigenvalue weighted by Gasteiger charge is -1.94. The Labute approximate surface area is 83.1 Å². The van der Waals surface area contributed by atoms with Gasteiger partial charge in [0.15, 0.2) is 0 Å². The molecule has 3 nitrogen and oxygen atoms in total. The van der Waals surface area contributed by atoms with E-state index in [0.717, 1.165) is 11.3 Å². The third-order valence-corrected chi connectivity index (χ3v) is 2.56. The van der Waals surface area contributed by atoms with Gasteiger partial charge >= 0.3 is 0 Å². The summed E-state index contributed by atoms with van der Waals surface area (Å²) in [6.07, 6.45) is 0. The second-order valence-electron chi connectivity index (χ2n) is 2.66. The van der Waals surface area contributed by atoms with Gasteiger partial charge in [0.25, 0.3) is 5.88 Å². The topological polar surface area (TPSA) is 53.4 Å². The number of aromatic hydroxyl groups is 2. The molecule has 0 unspecified atom stereocenters. The Morgan fingerprint density at radius 1 is 1.29 bits per heavy atom. The molecule has 0 saturated heterocycles. The predicted octanol–water partition coefficient (Wildman–Crippen LogP) is 2.36. The third kappa shape index (κ3) is 1.54. The van der Waals surface area contributed by atoms with Crippen LogP contribution in [0.25, 0.3) is 10.6 Å². The summed E-state index contributed by atoms with van der Waals surface area (Å²) < 4.78 is 12.8. The summed E-state index contributed by atoms with van der Waals surface area (Å²) in [7, 11) is 0. The molecule has 0 saturated carbocycles. The minimum absolute atomic E-state index is 0.260. The van der Waals surface area contributed by atoms with Gasteiger partial charge in [0, 0.05) is 5.56 Å². The first-order chi connectivity index (χ1) is 6.66. The van der Waals surface area contributed by atoms with Crippen LogP contribution in [0, 0.1) is 5.82 Å². The van der Waals surface area contributed by atoms with Crippen molar-refractivity contribution in [3.63, 3.8) is 0 Å². The molecule has 2 N–H and O–H groups in total. The van der Waals surface area contributed by atoms with E-state index in [1.165, 1.54) is 12.1 Å². The van der Waals surface area contributed by atoms with Crippen LogP contribution in [0.3, 0.4) is 0 Å². The van der Waals surface area contributed by atoms with Crippen LogP contribution in [0.15, 0.2) is 24.3 Å². The third-order valence-electron chi connectivity index (χ3n) is 1.66. The van der Waals surface area contributed by atoms with Crippen LogP contribution in [-0.4, -0.2) is 15.2 Å². The smallest absolute Gasteiger partial charge is 0.267 e. The van der Waals surface area contributed by atoms with Gasteiger partial charge in [-0.05, 0) is 12.1 Å². The summed E-state index contributed by atoms with van der Waals surface area (Å²) in [5.41, 5.74) is 0.533. The zero-order chi connectivity index (χ0) is 10.1. The normalized spacial score (nSPS) is 10.4. The number of nitrogens with zero attached hydrogens (tertiary/aromatic N) is 1. The molecule has 0 amide bonds. The second-order valence-corrected chi connectivity index (χ2v) is 3.64. The number of hydrogen-bond acceptors (Lipinski definition) is 4. The Morgan fingerprint density at radius 2 is 2.07 bits per heavy atom. The largest absolute Gasteiger partial charge is 0.496 e. The van der Waals surface area contributed by atoms with Gasteiger partial charge < -0.3 is 10.2 Å². The quantitative estimate of drug-likeness (QED) is 0.761. The highest BCUT2D eigenvalue weighted by atomic mass is 32.1. The van der Waals surface area contributed by atoms with Crippen molar-refractivity contribution in [2.75, 3.05) is 0 Å². The Bertz CT molecular complexity index is 450. The van der Waals surface area contributed by atoms with E-state index in [4.69, 9.17) is 10.2 Å². The molecular formula is C9H6FNO2S. The maximum Gasteiger partial charge on any atom is 0.267 e. The first-order valence-electron chi connectivity index (χ1n) is 3.81. The van der Waals surface area contributed by atoms with Gasteiger partial charge in [0.2, 0.25) is 5.06 Å². The lowest BCUT2D eigenvalue weighted by atomic mass is 10.2. The van der Waals surface area contributed by atoms with Crippen molar-refractivity contribution in [2.24, 2.45) is 0 Å². The van der Waals surface area contributed by atoms with Crippen molar-refractivity contribution in [3.05, 3.63) is 30.1 Å². The zero-order valence-corrected chi connectivity index (χ0v) is 7.75. The standard InChI is InChI=1S/C9H6FNO2S/c10-6-3-1-2-5(4-6)8-11-7(12)9(13)14-8/h1-4,12-13H. The second kappa shape index (κ2) is 3.26. The number of hydrogen-bond donors (Lipinski definition) is 2. The molecule has 0 aliphatic rings. The summed E-state index contributed by atoms with van der Waals surface area (Å²) in [6, 6.07) is 5.80. The molecule has 1 aromatic carbocycles. The Balaban J connectivity index is 2.49. The fraction of sp³-hybridized carbons (Fsp3) is 0. The highest BCUT2D eigenvalue weighted by molar-refractivity contribution is 7.17. The summed E-state index contributed by atoms with van der Waals surface area (Å²) in [6.45, 7) is 0. The van der Waals surface area contributed by atoms with Crippen molar-refractivity contribution < 1.29 is 14.6 Å². The molecule has 0 spiro atoms. The number of halogens is 1. The van der Waals surface area contributed by atoms with Gasteiger partial charge in [0.1, 0.15) is 10.8 Å². The number of thiazole rings is 1. The van der Waals surface area contributed by atoms with E-state index in [2.05, 4.69) is 4.98 Å². The van der Waals surface area contributed by atoms with Gasteiger partial charge in [-0.3, -0.25) is 0 Å².